The van der Waals surface area contributed by atoms with Crippen LogP contribution in [0.5, 0.6) is 0 Å². The predicted molar refractivity (Wildman–Crippen MR) is 73.5 cm³/mol. The molecule has 0 saturated heterocycles. The number of ether oxygens (including phenoxy) is 1. The van der Waals surface area contributed by atoms with Crippen LogP contribution in [0.4, 0.5) is 0 Å². The van der Waals surface area contributed by atoms with Gasteiger partial charge in [0.25, 0.3) is 5.91 Å². The third kappa shape index (κ3) is 5.21. The van der Waals surface area contributed by atoms with Gasteiger partial charge >= 0.3 is 11.9 Å². The number of carbonyl (C=O) groups excluding carboxylic acids is 2. The van der Waals surface area contributed by atoms with E-state index in [4.69, 9.17) is 9.84 Å². The number of hydrogen-bond acceptors (Lipinski definition) is 5. The summed E-state index contributed by atoms with van der Waals surface area (Å²) in [5.74, 6) is -2.87. The molecule has 1 rings (SSSR count). The standard InChI is InChI=1S/C14H18N2O5/c1-3-21-14(20)9(2)7-11(13(18)19)16-12(17)10-5-4-6-15-8-10/h4-6,8-9,11H,3,7H2,1-2H3,(H,16,17)(H,18,19)/t9-,11-/m1/s1. The van der Waals surface area contributed by atoms with Gasteiger partial charge in [-0.2, -0.15) is 0 Å². The summed E-state index contributed by atoms with van der Waals surface area (Å²) in [6, 6.07) is 1.93. The molecule has 0 unspecified atom stereocenters. The van der Waals surface area contributed by atoms with Gasteiger partial charge in [-0.1, -0.05) is 6.92 Å². The predicted octanol–water partition coefficient (Wildman–Crippen LogP) is 0.854. The largest absolute Gasteiger partial charge is 0.480 e. The molecule has 0 fully saturated rings. The van der Waals surface area contributed by atoms with Crippen LogP contribution in [-0.2, 0) is 14.3 Å². The lowest BCUT2D eigenvalue weighted by Crippen LogP contribution is -2.42. The molecule has 2 atom stereocenters. The topological polar surface area (TPSA) is 106 Å². The quantitative estimate of drug-likeness (QED) is 0.722. The molecular formula is C14H18N2O5. The average Bonchev–Trinajstić information content (AvgIpc) is 2.47. The summed E-state index contributed by atoms with van der Waals surface area (Å²) in [6.07, 6.45) is 2.80. The van der Waals surface area contributed by atoms with Gasteiger partial charge in [0.1, 0.15) is 6.04 Å². The fourth-order valence-electron chi connectivity index (χ4n) is 1.69. The number of amides is 1. The van der Waals surface area contributed by atoms with Gasteiger partial charge in [-0.25, -0.2) is 4.79 Å². The maximum absolute atomic E-state index is 11.9. The van der Waals surface area contributed by atoms with Crippen LogP contribution in [-0.4, -0.2) is 40.6 Å². The number of aromatic nitrogens is 1. The van der Waals surface area contributed by atoms with E-state index in [1.165, 1.54) is 18.5 Å². The molecule has 0 bridgehead atoms. The Morgan fingerprint density at radius 2 is 2.14 bits per heavy atom. The summed E-state index contributed by atoms with van der Waals surface area (Å²) in [5, 5.41) is 11.5. The molecule has 0 radical (unpaired) electrons. The first kappa shape index (κ1) is 16.6. The number of pyridine rings is 1. The summed E-state index contributed by atoms with van der Waals surface area (Å²) >= 11 is 0. The summed E-state index contributed by atoms with van der Waals surface area (Å²) in [5.41, 5.74) is 0.257. The van der Waals surface area contributed by atoms with Gasteiger partial charge in [-0.3, -0.25) is 14.6 Å². The van der Waals surface area contributed by atoms with E-state index in [1.807, 2.05) is 0 Å². The van der Waals surface area contributed by atoms with Gasteiger partial charge in [-0.15, -0.1) is 0 Å². The van der Waals surface area contributed by atoms with Crippen molar-refractivity contribution in [2.45, 2.75) is 26.3 Å². The van der Waals surface area contributed by atoms with Crippen molar-refractivity contribution < 1.29 is 24.2 Å². The number of aliphatic carboxylic acids is 1. The van der Waals surface area contributed by atoms with Crippen LogP contribution >= 0.6 is 0 Å². The van der Waals surface area contributed by atoms with Crippen LogP contribution in [0, 0.1) is 5.92 Å². The maximum Gasteiger partial charge on any atom is 0.326 e. The third-order valence-corrected chi connectivity index (χ3v) is 2.81. The lowest BCUT2D eigenvalue weighted by atomic mass is 10.0. The first-order valence-electron chi connectivity index (χ1n) is 6.56. The molecule has 1 amide bonds. The number of nitrogens with one attached hydrogen (secondary N) is 1. The Morgan fingerprint density at radius 1 is 1.43 bits per heavy atom. The van der Waals surface area contributed by atoms with Crippen molar-refractivity contribution in [3.8, 4) is 0 Å². The average molecular weight is 294 g/mol. The molecule has 1 heterocycles. The van der Waals surface area contributed by atoms with E-state index in [-0.39, 0.29) is 18.6 Å². The Kier molecular flexibility index (Phi) is 6.32. The van der Waals surface area contributed by atoms with Crippen molar-refractivity contribution >= 4 is 17.8 Å². The molecule has 0 aliphatic rings. The Morgan fingerprint density at radius 3 is 2.67 bits per heavy atom. The number of carbonyl (C=O) groups is 3. The second-order valence-electron chi connectivity index (χ2n) is 4.49. The normalized spacial score (nSPS) is 13.0. The van der Waals surface area contributed by atoms with Crippen molar-refractivity contribution in [2.24, 2.45) is 5.92 Å². The SMILES string of the molecule is CCOC(=O)[C@H](C)C[C@@H](NC(=O)c1cccnc1)C(=O)O. The molecule has 0 aliphatic carbocycles. The van der Waals surface area contributed by atoms with Crippen molar-refractivity contribution in [3.63, 3.8) is 0 Å². The van der Waals surface area contributed by atoms with Crippen LogP contribution in [0.25, 0.3) is 0 Å². The minimum absolute atomic E-state index is 0.0415. The Labute approximate surface area is 122 Å². The molecule has 1 aromatic heterocycles. The molecule has 0 aromatic carbocycles. The fraction of sp³-hybridized carbons (Fsp3) is 0.429. The second-order valence-corrected chi connectivity index (χ2v) is 4.49. The van der Waals surface area contributed by atoms with Crippen molar-refractivity contribution in [3.05, 3.63) is 30.1 Å². The monoisotopic (exact) mass is 294 g/mol. The first-order valence-corrected chi connectivity index (χ1v) is 6.56. The summed E-state index contributed by atoms with van der Waals surface area (Å²) < 4.78 is 4.82. The number of carboxylic acids is 1. The van der Waals surface area contributed by atoms with Crippen LogP contribution in [0.15, 0.2) is 24.5 Å². The van der Waals surface area contributed by atoms with E-state index in [1.54, 1.807) is 19.9 Å². The molecular weight excluding hydrogens is 276 g/mol. The number of rotatable bonds is 7. The Balaban J connectivity index is 2.68. The van der Waals surface area contributed by atoms with Crippen LogP contribution in [0.2, 0.25) is 0 Å². The van der Waals surface area contributed by atoms with E-state index < -0.39 is 29.8 Å². The van der Waals surface area contributed by atoms with E-state index in [2.05, 4.69) is 10.3 Å². The van der Waals surface area contributed by atoms with Gasteiger partial charge in [0.15, 0.2) is 0 Å². The highest BCUT2D eigenvalue weighted by molar-refractivity contribution is 5.96. The minimum Gasteiger partial charge on any atom is -0.480 e. The van der Waals surface area contributed by atoms with E-state index in [0.29, 0.717) is 0 Å². The molecule has 2 N–H and O–H groups in total. The van der Waals surface area contributed by atoms with Gasteiger partial charge < -0.3 is 15.2 Å². The smallest absolute Gasteiger partial charge is 0.326 e. The molecule has 21 heavy (non-hydrogen) atoms. The molecule has 0 saturated carbocycles. The first-order chi connectivity index (χ1) is 9.95. The second kappa shape index (κ2) is 7.98. The minimum atomic E-state index is -1.21. The summed E-state index contributed by atoms with van der Waals surface area (Å²) in [6.45, 7) is 3.45. The van der Waals surface area contributed by atoms with Crippen LogP contribution in [0.3, 0.4) is 0 Å². The van der Waals surface area contributed by atoms with E-state index in [0.717, 1.165) is 0 Å². The highest BCUT2D eigenvalue weighted by atomic mass is 16.5. The lowest BCUT2D eigenvalue weighted by molar-refractivity contribution is -0.148. The maximum atomic E-state index is 11.9. The van der Waals surface area contributed by atoms with Crippen molar-refractivity contribution in [2.75, 3.05) is 6.61 Å². The summed E-state index contributed by atoms with van der Waals surface area (Å²) in [4.78, 5) is 38.4. The van der Waals surface area contributed by atoms with Gasteiger partial charge in [0.05, 0.1) is 18.1 Å². The van der Waals surface area contributed by atoms with Gasteiger partial charge in [0.2, 0.25) is 0 Å². The third-order valence-electron chi connectivity index (χ3n) is 2.81. The van der Waals surface area contributed by atoms with Gasteiger partial charge in [-0.05, 0) is 25.5 Å². The van der Waals surface area contributed by atoms with Crippen molar-refractivity contribution in [1.82, 2.24) is 10.3 Å². The number of hydrogen-bond donors (Lipinski definition) is 2. The number of esters is 1. The molecule has 0 spiro atoms. The summed E-state index contributed by atoms with van der Waals surface area (Å²) in [7, 11) is 0. The Hall–Kier alpha value is -2.44. The molecule has 114 valence electrons. The number of carboxylic acid groups (broad SMARTS) is 1. The zero-order chi connectivity index (χ0) is 15.8. The van der Waals surface area contributed by atoms with Crippen LogP contribution < -0.4 is 5.32 Å². The van der Waals surface area contributed by atoms with Crippen LogP contribution in [0.1, 0.15) is 30.6 Å². The zero-order valence-electron chi connectivity index (χ0n) is 11.9. The van der Waals surface area contributed by atoms with E-state index >= 15 is 0 Å². The number of nitrogens with zero attached hydrogens (tertiary/aromatic N) is 1. The zero-order valence-corrected chi connectivity index (χ0v) is 11.9. The van der Waals surface area contributed by atoms with Crippen molar-refractivity contribution in [1.29, 1.82) is 0 Å². The lowest BCUT2D eigenvalue weighted by Gasteiger charge is -2.18. The fourth-order valence-corrected chi connectivity index (χ4v) is 1.69. The molecule has 1 aromatic rings. The Bertz CT molecular complexity index is 503. The highest BCUT2D eigenvalue weighted by Gasteiger charge is 2.26. The molecule has 0 aliphatic heterocycles. The van der Waals surface area contributed by atoms with Gasteiger partial charge in [0, 0.05) is 12.4 Å². The highest BCUT2D eigenvalue weighted by Crippen LogP contribution is 2.10. The van der Waals surface area contributed by atoms with E-state index in [9.17, 15) is 14.4 Å². The molecule has 7 heteroatoms. The molecule has 7 nitrogen and oxygen atoms in total.